The Morgan fingerprint density at radius 1 is 1.12 bits per heavy atom. The van der Waals surface area contributed by atoms with E-state index in [0.717, 1.165) is 5.56 Å². The number of alkyl halides is 3. The first-order chi connectivity index (χ1) is 11.9. The topological polar surface area (TPSA) is 72.5 Å². The molecule has 0 aliphatic heterocycles. The van der Waals surface area contributed by atoms with Crippen LogP contribution in [0.2, 0.25) is 0 Å². The number of methoxy groups -OCH3 is 1. The van der Waals surface area contributed by atoms with Crippen LogP contribution >= 0.6 is 0 Å². The minimum absolute atomic E-state index is 0.112. The minimum atomic E-state index is -4.79. The summed E-state index contributed by atoms with van der Waals surface area (Å²) >= 11 is 0. The minimum Gasteiger partial charge on any atom is -0.481 e. The zero-order valence-electron chi connectivity index (χ0n) is 13.3. The van der Waals surface area contributed by atoms with Gasteiger partial charge in [-0.15, -0.1) is 13.2 Å². The molecule has 9 heteroatoms. The number of carbonyl (C=O) groups excluding carboxylic acids is 1. The second-order valence-corrected chi connectivity index (χ2v) is 4.90. The summed E-state index contributed by atoms with van der Waals surface area (Å²) < 4.78 is 45.9. The van der Waals surface area contributed by atoms with Crippen molar-refractivity contribution in [2.75, 3.05) is 7.11 Å². The number of amides is 2. The fourth-order valence-electron chi connectivity index (χ4n) is 1.93. The average Bonchev–Trinajstić information content (AvgIpc) is 2.58. The van der Waals surface area contributed by atoms with E-state index in [2.05, 4.69) is 20.4 Å². The summed E-state index contributed by atoms with van der Waals surface area (Å²) in [6.45, 7) is 0.0997. The third-order valence-corrected chi connectivity index (χ3v) is 3.10. The quantitative estimate of drug-likeness (QED) is 0.836. The number of benzene rings is 1. The number of halogens is 3. The summed E-state index contributed by atoms with van der Waals surface area (Å²) in [6.07, 6.45) is -3.24. The lowest BCUT2D eigenvalue weighted by Crippen LogP contribution is -2.34. The number of ether oxygens (including phenoxy) is 2. The summed E-state index contributed by atoms with van der Waals surface area (Å²) in [7, 11) is 1.49. The van der Waals surface area contributed by atoms with E-state index in [1.54, 1.807) is 24.4 Å². The normalized spacial score (nSPS) is 10.9. The van der Waals surface area contributed by atoms with E-state index in [4.69, 9.17) is 4.74 Å². The van der Waals surface area contributed by atoms with Gasteiger partial charge in [-0.2, -0.15) is 0 Å². The lowest BCUT2D eigenvalue weighted by Gasteiger charge is -2.14. The number of aromatic nitrogens is 1. The van der Waals surface area contributed by atoms with Crippen LogP contribution in [0.1, 0.15) is 11.1 Å². The summed E-state index contributed by atoms with van der Waals surface area (Å²) in [5, 5.41) is 5.06. The molecule has 1 aromatic heterocycles. The highest BCUT2D eigenvalue weighted by Gasteiger charge is 2.31. The van der Waals surface area contributed by atoms with Gasteiger partial charge in [-0.25, -0.2) is 9.78 Å². The molecule has 0 atom stereocenters. The maximum Gasteiger partial charge on any atom is 0.573 e. The first kappa shape index (κ1) is 18.4. The molecule has 0 aliphatic carbocycles. The Balaban J connectivity index is 1.85. The number of urea groups is 1. The zero-order valence-corrected chi connectivity index (χ0v) is 13.3. The molecule has 0 radical (unpaired) electrons. The first-order valence-electron chi connectivity index (χ1n) is 7.21. The first-order valence-corrected chi connectivity index (χ1v) is 7.21. The molecule has 134 valence electrons. The molecular weight excluding hydrogens is 339 g/mol. The Kier molecular flexibility index (Phi) is 6.04. The molecule has 2 N–H and O–H groups in total. The molecular formula is C16H16F3N3O3. The molecule has 2 rings (SSSR count). The Morgan fingerprint density at radius 3 is 2.48 bits per heavy atom. The highest BCUT2D eigenvalue weighted by molar-refractivity contribution is 5.73. The molecule has 0 bridgehead atoms. The van der Waals surface area contributed by atoms with Gasteiger partial charge in [-0.1, -0.05) is 24.3 Å². The van der Waals surface area contributed by atoms with Crippen molar-refractivity contribution in [3.8, 4) is 11.6 Å². The summed E-state index contributed by atoms with van der Waals surface area (Å²) in [5.41, 5.74) is 0.956. The number of rotatable bonds is 6. The van der Waals surface area contributed by atoms with Gasteiger partial charge in [0.2, 0.25) is 5.88 Å². The molecule has 0 saturated carbocycles. The van der Waals surface area contributed by atoms with Gasteiger partial charge in [0, 0.05) is 30.9 Å². The van der Waals surface area contributed by atoms with Crippen molar-refractivity contribution in [2.24, 2.45) is 0 Å². The lowest BCUT2D eigenvalue weighted by atomic mass is 10.2. The zero-order chi connectivity index (χ0) is 18.3. The molecule has 25 heavy (non-hydrogen) atoms. The monoisotopic (exact) mass is 355 g/mol. The van der Waals surface area contributed by atoms with Gasteiger partial charge in [-0.3, -0.25) is 0 Å². The van der Waals surface area contributed by atoms with Crippen molar-refractivity contribution in [1.29, 1.82) is 0 Å². The number of pyridine rings is 1. The molecule has 1 heterocycles. The van der Waals surface area contributed by atoms with Crippen LogP contribution in [0.4, 0.5) is 18.0 Å². The van der Waals surface area contributed by atoms with Crippen LogP contribution in [0.5, 0.6) is 11.6 Å². The maximum absolute atomic E-state index is 12.3. The van der Waals surface area contributed by atoms with Gasteiger partial charge in [0.1, 0.15) is 5.75 Å². The van der Waals surface area contributed by atoms with E-state index in [9.17, 15) is 18.0 Å². The summed E-state index contributed by atoms with van der Waals surface area (Å²) in [5.74, 6) is 0.101. The summed E-state index contributed by atoms with van der Waals surface area (Å²) in [4.78, 5) is 15.8. The van der Waals surface area contributed by atoms with Gasteiger partial charge in [0.05, 0.1) is 7.11 Å². The molecule has 0 unspecified atom stereocenters. The van der Waals surface area contributed by atoms with E-state index in [-0.39, 0.29) is 24.4 Å². The predicted octanol–water partition coefficient (Wildman–Crippen LogP) is 2.99. The number of hydrogen-bond donors (Lipinski definition) is 2. The molecule has 0 aliphatic rings. The fraction of sp³-hybridized carbons (Fsp3) is 0.250. The number of carbonyl (C=O) groups is 1. The van der Waals surface area contributed by atoms with Gasteiger partial charge in [0.15, 0.2) is 0 Å². The van der Waals surface area contributed by atoms with E-state index in [1.807, 2.05) is 0 Å². The molecule has 0 spiro atoms. The third kappa shape index (κ3) is 6.21. The molecule has 2 amide bonds. The van der Waals surface area contributed by atoms with Crippen molar-refractivity contribution < 1.29 is 27.4 Å². The SMILES string of the molecule is COc1ccc(CNC(=O)NCc2ccccc2OC(F)(F)F)cn1. The van der Waals surface area contributed by atoms with Crippen molar-refractivity contribution in [2.45, 2.75) is 19.5 Å². The molecule has 0 saturated heterocycles. The van der Waals surface area contributed by atoms with E-state index in [0.29, 0.717) is 5.88 Å². The molecule has 0 fully saturated rings. The smallest absolute Gasteiger partial charge is 0.481 e. The second kappa shape index (κ2) is 8.22. The number of para-hydroxylation sites is 1. The maximum atomic E-state index is 12.3. The van der Waals surface area contributed by atoms with Crippen LogP contribution in [-0.4, -0.2) is 24.5 Å². The van der Waals surface area contributed by atoms with Crippen LogP contribution in [0, 0.1) is 0 Å². The summed E-state index contributed by atoms with van der Waals surface area (Å²) in [6, 6.07) is 8.46. The molecule has 1 aromatic carbocycles. The molecule has 6 nitrogen and oxygen atoms in total. The van der Waals surface area contributed by atoms with Crippen molar-refractivity contribution in [3.63, 3.8) is 0 Å². The lowest BCUT2D eigenvalue weighted by molar-refractivity contribution is -0.274. The van der Waals surface area contributed by atoms with Gasteiger partial charge >= 0.3 is 12.4 Å². The van der Waals surface area contributed by atoms with E-state index in [1.165, 1.54) is 25.3 Å². The van der Waals surface area contributed by atoms with Crippen LogP contribution < -0.4 is 20.1 Å². The van der Waals surface area contributed by atoms with E-state index < -0.39 is 12.4 Å². The van der Waals surface area contributed by atoms with Crippen LogP contribution in [0.25, 0.3) is 0 Å². The van der Waals surface area contributed by atoms with Gasteiger partial charge in [0.25, 0.3) is 0 Å². The van der Waals surface area contributed by atoms with Crippen LogP contribution in [-0.2, 0) is 13.1 Å². The standard InChI is InChI=1S/C16H16F3N3O3/c1-24-14-7-6-11(8-20-14)9-21-15(23)22-10-12-4-2-3-5-13(12)25-16(17,18)19/h2-8H,9-10H2,1H3,(H2,21,22,23). The van der Waals surface area contributed by atoms with Crippen molar-refractivity contribution in [1.82, 2.24) is 15.6 Å². The second-order valence-electron chi connectivity index (χ2n) is 4.90. The highest BCUT2D eigenvalue weighted by atomic mass is 19.4. The third-order valence-electron chi connectivity index (χ3n) is 3.10. The van der Waals surface area contributed by atoms with Gasteiger partial charge in [-0.05, 0) is 11.6 Å². The predicted molar refractivity (Wildman–Crippen MR) is 83.0 cm³/mol. The average molecular weight is 355 g/mol. The Hall–Kier alpha value is -2.97. The number of nitrogens with zero attached hydrogens (tertiary/aromatic N) is 1. The van der Waals surface area contributed by atoms with Crippen molar-refractivity contribution >= 4 is 6.03 Å². The highest BCUT2D eigenvalue weighted by Crippen LogP contribution is 2.26. The van der Waals surface area contributed by atoms with Crippen LogP contribution in [0.15, 0.2) is 42.6 Å². The largest absolute Gasteiger partial charge is 0.573 e. The Morgan fingerprint density at radius 2 is 1.84 bits per heavy atom. The van der Waals surface area contributed by atoms with E-state index >= 15 is 0 Å². The Labute approximate surface area is 142 Å². The molecule has 2 aromatic rings. The van der Waals surface area contributed by atoms with Crippen molar-refractivity contribution in [3.05, 3.63) is 53.7 Å². The number of nitrogens with one attached hydrogen (secondary N) is 2. The fourth-order valence-corrected chi connectivity index (χ4v) is 1.93. The number of hydrogen-bond acceptors (Lipinski definition) is 4. The van der Waals surface area contributed by atoms with Gasteiger partial charge < -0.3 is 20.1 Å². The van der Waals surface area contributed by atoms with Crippen LogP contribution in [0.3, 0.4) is 0 Å². The Bertz CT molecular complexity index is 706.